The molecule has 0 aliphatic carbocycles. The number of para-hydroxylation sites is 1. The minimum absolute atomic E-state index is 0.00594. The highest BCUT2D eigenvalue weighted by Gasteiger charge is 2.16. The van der Waals surface area contributed by atoms with Crippen molar-refractivity contribution in [2.24, 2.45) is 0 Å². The first-order chi connectivity index (χ1) is 11.8. The molecule has 3 aromatic rings. The van der Waals surface area contributed by atoms with Crippen molar-refractivity contribution in [3.8, 4) is 5.75 Å². The molecular weight excluding hydrogens is 306 g/mol. The van der Waals surface area contributed by atoms with Crippen molar-refractivity contribution in [2.45, 2.75) is 18.9 Å². The summed E-state index contributed by atoms with van der Waals surface area (Å²) in [5.74, 6) is 0.518. The smallest absolute Gasteiger partial charge is 0.258 e. The number of rotatable bonds is 5. The predicted octanol–water partition coefficient (Wildman–Crippen LogP) is 3.26. The maximum atomic E-state index is 11.9. The number of benzene rings is 2. The second-order valence-electron chi connectivity index (χ2n) is 5.98. The van der Waals surface area contributed by atoms with Crippen LogP contribution in [0.15, 0.2) is 46.9 Å². The van der Waals surface area contributed by atoms with Crippen LogP contribution in [0.25, 0.3) is 21.9 Å². The Labute approximate surface area is 139 Å². The van der Waals surface area contributed by atoms with Gasteiger partial charge in [0.15, 0.2) is 6.61 Å². The van der Waals surface area contributed by atoms with Gasteiger partial charge < -0.3 is 19.2 Å². The van der Waals surface area contributed by atoms with E-state index in [1.54, 1.807) is 0 Å². The van der Waals surface area contributed by atoms with Crippen LogP contribution in [0.1, 0.15) is 12.8 Å². The highest BCUT2D eigenvalue weighted by Crippen LogP contribution is 2.31. The van der Waals surface area contributed by atoms with Gasteiger partial charge in [0.25, 0.3) is 5.91 Å². The Morgan fingerprint density at radius 3 is 2.92 bits per heavy atom. The van der Waals surface area contributed by atoms with Gasteiger partial charge in [-0.25, -0.2) is 0 Å². The minimum atomic E-state index is -0.136. The minimum Gasteiger partial charge on any atom is -0.484 e. The summed E-state index contributed by atoms with van der Waals surface area (Å²) in [5, 5.41) is 4.88. The van der Waals surface area contributed by atoms with E-state index in [-0.39, 0.29) is 18.6 Å². The molecular formula is C19H19NO4. The summed E-state index contributed by atoms with van der Waals surface area (Å²) < 4.78 is 16.9. The van der Waals surface area contributed by atoms with E-state index in [2.05, 4.69) is 5.32 Å². The van der Waals surface area contributed by atoms with Gasteiger partial charge in [-0.3, -0.25) is 4.79 Å². The number of carbonyl (C=O) groups excluding carboxylic acids is 1. The predicted molar refractivity (Wildman–Crippen MR) is 91.2 cm³/mol. The quantitative estimate of drug-likeness (QED) is 0.782. The average molecular weight is 325 g/mol. The molecule has 1 aliphatic heterocycles. The number of hydrogen-bond donors (Lipinski definition) is 1. The van der Waals surface area contributed by atoms with E-state index >= 15 is 0 Å². The standard InChI is InChI=1S/C19H19NO4/c21-19(20-11-14-4-3-9-22-14)12-23-13-7-8-18-16(10-13)15-5-1-2-6-17(15)24-18/h1-2,5-8,10,14H,3-4,9,11-12H2,(H,20,21)/t14-/m1/s1. The number of carbonyl (C=O) groups is 1. The lowest BCUT2D eigenvalue weighted by atomic mass is 10.1. The molecule has 0 bridgehead atoms. The Hall–Kier alpha value is -2.53. The van der Waals surface area contributed by atoms with Crippen molar-refractivity contribution in [3.63, 3.8) is 0 Å². The Balaban J connectivity index is 1.40. The van der Waals surface area contributed by atoms with E-state index in [4.69, 9.17) is 13.9 Å². The zero-order chi connectivity index (χ0) is 16.4. The fourth-order valence-corrected chi connectivity index (χ4v) is 3.03. The van der Waals surface area contributed by atoms with Crippen LogP contribution >= 0.6 is 0 Å². The second-order valence-corrected chi connectivity index (χ2v) is 5.98. The largest absolute Gasteiger partial charge is 0.484 e. The van der Waals surface area contributed by atoms with Crippen LogP contribution in [0.3, 0.4) is 0 Å². The third kappa shape index (κ3) is 3.08. The molecule has 124 valence electrons. The van der Waals surface area contributed by atoms with E-state index in [0.29, 0.717) is 12.3 Å². The molecule has 2 aromatic carbocycles. The maximum absolute atomic E-state index is 11.9. The first-order valence-corrected chi connectivity index (χ1v) is 8.22. The van der Waals surface area contributed by atoms with Crippen LogP contribution in [-0.2, 0) is 9.53 Å². The fraction of sp³-hybridized carbons (Fsp3) is 0.316. The molecule has 1 aliphatic rings. The van der Waals surface area contributed by atoms with E-state index < -0.39 is 0 Å². The van der Waals surface area contributed by atoms with Crippen LogP contribution in [0.5, 0.6) is 5.75 Å². The molecule has 1 N–H and O–H groups in total. The third-order valence-electron chi connectivity index (χ3n) is 4.27. The lowest BCUT2D eigenvalue weighted by Crippen LogP contribution is -2.35. The molecule has 4 rings (SSSR count). The molecule has 1 atom stereocenters. The molecule has 0 saturated carbocycles. The number of nitrogens with one attached hydrogen (secondary N) is 1. The second kappa shape index (κ2) is 6.53. The molecule has 24 heavy (non-hydrogen) atoms. The molecule has 0 radical (unpaired) electrons. The van der Waals surface area contributed by atoms with Crippen molar-refractivity contribution in [3.05, 3.63) is 42.5 Å². The van der Waals surface area contributed by atoms with Crippen molar-refractivity contribution in [1.82, 2.24) is 5.32 Å². The molecule has 0 spiro atoms. The van der Waals surface area contributed by atoms with Gasteiger partial charge in [-0.1, -0.05) is 18.2 Å². The summed E-state index contributed by atoms with van der Waals surface area (Å²) in [4.78, 5) is 11.9. The van der Waals surface area contributed by atoms with Crippen molar-refractivity contribution >= 4 is 27.8 Å². The summed E-state index contributed by atoms with van der Waals surface area (Å²) in [6.45, 7) is 1.33. The summed E-state index contributed by atoms with van der Waals surface area (Å²) in [6.07, 6.45) is 2.21. The monoisotopic (exact) mass is 325 g/mol. The number of amides is 1. The lowest BCUT2D eigenvalue weighted by molar-refractivity contribution is -0.123. The number of fused-ring (bicyclic) bond motifs is 3. The topological polar surface area (TPSA) is 60.7 Å². The highest BCUT2D eigenvalue weighted by molar-refractivity contribution is 6.05. The van der Waals surface area contributed by atoms with E-state index in [1.165, 1.54) is 0 Å². The number of hydrogen-bond acceptors (Lipinski definition) is 4. The zero-order valence-corrected chi connectivity index (χ0v) is 13.3. The first kappa shape index (κ1) is 15.0. The van der Waals surface area contributed by atoms with Gasteiger partial charge >= 0.3 is 0 Å². The van der Waals surface area contributed by atoms with E-state index in [1.807, 2.05) is 42.5 Å². The molecule has 5 nitrogen and oxygen atoms in total. The summed E-state index contributed by atoms with van der Waals surface area (Å²) in [7, 11) is 0. The first-order valence-electron chi connectivity index (χ1n) is 8.22. The molecule has 0 unspecified atom stereocenters. The molecule has 1 fully saturated rings. The maximum Gasteiger partial charge on any atom is 0.258 e. The summed E-state index contributed by atoms with van der Waals surface area (Å²) in [6, 6.07) is 13.5. The van der Waals surface area contributed by atoms with Gasteiger partial charge in [-0.2, -0.15) is 0 Å². The van der Waals surface area contributed by atoms with Crippen molar-refractivity contribution in [1.29, 1.82) is 0 Å². The van der Waals surface area contributed by atoms with Crippen LogP contribution in [0.4, 0.5) is 0 Å². The Morgan fingerprint density at radius 1 is 1.17 bits per heavy atom. The van der Waals surface area contributed by atoms with Crippen LogP contribution in [0.2, 0.25) is 0 Å². The highest BCUT2D eigenvalue weighted by atomic mass is 16.5. The molecule has 1 aromatic heterocycles. The zero-order valence-electron chi connectivity index (χ0n) is 13.3. The lowest BCUT2D eigenvalue weighted by Gasteiger charge is -2.11. The van der Waals surface area contributed by atoms with E-state index in [9.17, 15) is 4.79 Å². The number of ether oxygens (including phenoxy) is 2. The SMILES string of the molecule is O=C(COc1ccc2oc3ccccc3c2c1)NC[C@H]1CCCO1. The van der Waals surface area contributed by atoms with Crippen LogP contribution in [0, 0.1) is 0 Å². The van der Waals surface area contributed by atoms with Gasteiger partial charge in [-0.15, -0.1) is 0 Å². The van der Waals surface area contributed by atoms with Crippen molar-refractivity contribution in [2.75, 3.05) is 19.8 Å². The fourth-order valence-electron chi connectivity index (χ4n) is 3.03. The Kier molecular flexibility index (Phi) is 4.09. The third-order valence-corrected chi connectivity index (χ3v) is 4.27. The number of furan rings is 1. The molecule has 2 heterocycles. The normalized spacial score (nSPS) is 17.4. The van der Waals surface area contributed by atoms with Gasteiger partial charge in [-0.05, 0) is 37.1 Å². The van der Waals surface area contributed by atoms with Gasteiger partial charge in [0.2, 0.25) is 0 Å². The van der Waals surface area contributed by atoms with Gasteiger partial charge in [0.1, 0.15) is 16.9 Å². The summed E-state index contributed by atoms with van der Waals surface area (Å²) in [5.41, 5.74) is 1.66. The van der Waals surface area contributed by atoms with E-state index in [0.717, 1.165) is 41.4 Å². The van der Waals surface area contributed by atoms with Crippen LogP contribution in [-0.4, -0.2) is 31.8 Å². The van der Waals surface area contributed by atoms with Gasteiger partial charge in [0.05, 0.1) is 6.10 Å². The molecule has 5 heteroatoms. The van der Waals surface area contributed by atoms with Gasteiger partial charge in [0, 0.05) is 23.9 Å². The van der Waals surface area contributed by atoms with Crippen LogP contribution < -0.4 is 10.1 Å². The molecule has 1 amide bonds. The Morgan fingerprint density at radius 2 is 2.04 bits per heavy atom. The van der Waals surface area contributed by atoms with Crippen molar-refractivity contribution < 1.29 is 18.7 Å². The Bertz CT molecular complexity index is 864. The molecule has 1 saturated heterocycles. The average Bonchev–Trinajstić information content (AvgIpc) is 3.25. The summed E-state index contributed by atoms with van der Waals surface area (Å²) >= 11 is 0.